The van der Waals surface area contributed by atoms with E-state index in [2.05, 4.69) is 10.6 Å². The van der Waals surface area contributed by atoms with Crippen LogP contribution in [0.5, 0.6) is 0 Å². The number of nitrogens with one attached hydrogen (secondary N) is 2. The van der Waals surface area contributed by atoms with Gasteiger partial charge in [-0.05, 0) is 48.6 Å². The molecule has 2 aliphatic rings. The van der Waals surface area contributed by atoms with Crippen LogP contribution in [0.4, 0.5) is 11.4 Å². The summed E-state index contributed by atoms with van der Waals surface area (Å²) in [5.74, 6) is -0.283. The first-order valence-electron chi connectivity index (χ1n) is 11.5. The lowest BCUT2D eigenvalue weighted by Crippen LogP contribution is -2.03. The monoisotopic (exact) mass is 578 g/mol. The van der Waals surface area contributed by atoms with Gasteiger partial charge in [-0.2, -0.15) is 0 Å². The Morgan fingerprint density at radius 1 is 0.474 bits per heavy atom. The number of hydrogen-bond donors (Lipinski definition) is 2. The van der Waals surface area contributed by atoms with Gasteiger partial charge in [0.1, 0.15) is 0 Å². The zero-order valence-corrected chi connectivity index (χ0v) is 22.6. The number of amides is 2. The predicted molar refractivity (Wildman–Crippen MR) is 159 cm³/mol. The molecule has 0 aromatic heterocycles. The average Bonchev–Trinajstić information content (AvgIpc) is 3.39. The molecule has 4 aromatic carbocycles. The van der Waals surface area contributed by atoms with Crippen molar-refractivity contribution in [2.45, 2.75) is 0 Å². The number of hydrogen-bond acceptors (Lipinski definition) is 2. The first-order valence-corrected chi connectivity index (χ1v) is 13.0. The Kier molecular flexibility index (Phi) is 7.59. The van der Waals surface area contributed by atoms with E-state index in [0.717, 1.165) is 22.5 Å². The molecule has 4 nitrogen and oxygen atoms in total. The van der Waals surface area contributed by atoms with Crippen molar-refractivity contribution in [2.24, 2.45) is 0 Å². The van der Waals surface area contributed by atoms with Crippen LogP contribution in [0.3, 0.4) is 0 Å². The van der Waals surface area contributed by atoms with Crippen molar-refractivity contribution < 1.29 is 9.59 Å². The van der Waals surface area contributed by atoms with E-state index in [4.69, 9.17) is 46.4 Å². The highest BCUT2D eigenvalue weighted by molar-refractivity contribution is 6.41. The van der Waals surface area contributed by atoms with E-state index >= 15 is 0 Å². The van der Waals surface area contributed by atoms with Crippen LogP contribution < -0.4 is 10.6 Å². The lowest BCUT2D eigenvalue weighted by molar-refractivity contribution is -0.111. The Morgan fingerprint density at radius 2 is 0.816 bits per heavy atom. The largest absolute Gasteiger partial charge is 0.321 e. The van der Waals surface area contributed by atoms with E-state index in [1.54, 1.807) is 48.6 Å². The van der Waals surface area contributed by atoms with Gasteiger partial charge >= 0.3 is 0 Å². The molecule has 0 atom stereocenters. The maximum atomic E-state index is 12.0. The minimum atomic E-state index is -0.141. The molecule has 38 heavy (non-hydrogen) atoms. The number of fused-ring (bicyclic) bond motifs is 2. The smallest absolute Gasteiger partial charge is 0.256 e. The van der Waals surface area contributed by atoms with Crippen LogP contribution in [0.25, 0.3) is 23.3 Å². The van der Waals surface area contributed by atoms with Gasteiger partial charge in [-0.1, -0.05) is 94.9 Å². The van der Waals surface area contributed by atoms with Gasteiger partial charge in [0.05, 0.1) is 0 Å². The third-order valence-electron chi connectivity index (χ3n) is 6.00. The SMILES string of the molecule is O=C1Nc2ccccc2/C1=C\c1c(Cl)cccc1Cl.O=C1Nc2ccccc2/C1=C\c1c(Cl)cccc1Cl. The van der Waals surface area contributed by atoms with Gasteiger partial charge in [-0.15, -0.1) is 0 Å². The molecular weight excluding hydrogens is 562 g/mol. The number of rotatable bonds is 2. The summed E-state index contributed by atoms with van der Waals surface area (Å²) in [6.07, 6.45) is 3.46. The summed E-state index contributed by atoms with van der Waals surface area (Å²) in [5, 5.41) is 7.73. The fraction of sp³-hybridized carbons (Fsp3) is 0. The van der Waals surface area contributed by atoms with Gasteiger partial charge in [-0.3, -0.25) is 9.59 Å². The van der Waals surface area contributed by atoms with E-state index in [-0.39, 0.29) is 11.8 Å². The van der Waals surface area contributed by atoms with Crippen molar-refractivity contribution >= 4 is 92.9 Å². The molecule has 0 spiro atoms. The van der Waals surface area contributed by atoms with E-state index in [9.17, 15) is 9.59 Å². The summed E-state index contributed by atoms with van der Waals surface area (Å²) in [7, 11) is 0. The Bertz CT molecular complexity index is 1500. The average molecular weight is 580 g/mol. The zero-order valence-electron chi connectivity index (χ0n) is 19.6. The number of carbonyl (C=O) groups excluding carboxylic acids is 2. The lowest BCUT2D eigenvalue weighted by Gasteiger charge is -2.03. The Hall–Kier alpha value is -3.54. The molecule has 8 heteroatoms. The highest BCUT2D eigenvalue weighted by Gasteiger charge is 2.25. The fourth-order valence-electron chi connectivity index (χ4n) is 4.15. The molecule has 2 amide bonds. The highest BCUT2D eigenvalue weighted by atomic mass is 35.5. The molecule has 0 radical (unpaired) electrons. The van der Waals surface area contributed by atoms with E-state index in [1.165, 1.54) is 0 Å². The Labute approximate surface area is 239 Å². The highest BCUT2D eigenvalue weighted by Crippen LogP contribution is 2.37. The summed E-state index contributed by atoms with van der Waals surface area (Å²) in [6, 6.07) is 25.6. The van der Waals surface area contributed by atoms with Gasteiger partial charge in [-0.25, -0.2) is 0 Å². The van der Waals surface area contributed by atoms with Crippen LogP contribution in [0.1, 0.15) is 22.3 Å². The second-order valence-corrected chi connectivity index (χ2v) is 10.0. The van der Waals surface area contributed by atoms with Gasteiger partial charge < -0.3 is 10.6 Å². The molecule has 188 valence electrons. The molecule has 6 rings (SSSR count). The quantitative estimate of drug-likeness (QED) is 0.233. The standard InChI is InChI=1S/2C15H9Cl2NO/c2*16-12-5-3-6-13(17)11(12)8-10-9-4-1-2-7-14(9)18-15(10)19/h2*1-8H,(H,18,19)/b2*10-8+. The van der Waals surface area contributed by atoms with Gasteiger partial charge in [0.2, 0.25) is 0 Å². The van der Waals surface area contributed by atoms with Gasteiger partial charge in [0.15, 0.2) is 0 Å². The van der Waals surface area contributed by atoms with Crippen LogP contribution in [0, 0.1) is 0 Å². The second kappa shape index (κ2) is 11.1. The molecule has 0 bridgehead atoms. The van der Waals surface area contributed by atoms with Gasteiger partial charge in [0.25, 0.3) is 11.8 Å². The molecule has 0 aliphatic carbocycles. The lowest BCUT2D eigenvalue weighted by atomic mass is 10.0. The van der Waals surface area contributed by atoms with Crippen LogP contribution >= 0.6 is 46.4 Å². The first-order chi connectivity index (χ1) is 18.3. The minimum absolute atomic E-state index is 0.141. The van der Waals surface area contributed by atoms with E-state index in [1.807, 2.05) is 48.5 Å². The third kappa shape index (κ3) is 5.22. The van der Waals surface area contributed by atoms with E-state index < -0.39 is 0 Å². The number of anilines is 2. The number of carbonyl (C=O) groups is 2. The number of halogens is 4. The molecule has 2 heterocycles. The van der Waals surface area contributed by atoms with Crippen molar-refractivity contribution in [3.63, 3.8) is 0 Å². The molecule has 4 aromatic rings. The van der Waals surface area contributed by atoms with Crippen molar-refractivity contribution in [3.8, 4) is 0 Å². The number of benzene rings is 4. The van der Waals surface area contributed by atoms with Crippen molar-refractivity contribution in [1.82, 2.24) is 0 Å². The molecule has 0 unspecified atom stereocenters. The van der Waals surface area contributed by atoms with E-state index in [0.29, 0.717) is 42.4 Å². The third-order valence-corrected chi connectivity index (χ3v) is 7.32. The van der Waals surface area contributed by atoms with Crippen LogP contribution in [-0.2, 0) is 9.59 Å². The molecule has 0 fully saturated rings. The summed E-state index contributed by atoms with van der Waals surface area (Å²) in [5.41, 5.74) is 5.81. The Morgan fingerprint density at radius 3 is 1.18 bits per heavy atom. The Balaban J connectivity index is 0.000000155. The van der Waals surface area contributed by atoms with Crippen molar-refractivity contribution in [1.29, 1.82) is 0 Å². The second-order valence-electron chi connectivity index (χ2n) is 8.39. The topological polar surface area (TPSA) is 58.2 Å². The normalized spacial score (nSPS) is 15.5. The summed E-state index contributed by atoms with van der Waals surface area (Å²) in [6.45, 7) is 0. The van der Waals surface area contributed by atoms with Crippen molar-refractivity contribution in [2.75, 3.05) is 10.6 Å². The fourth-order valence-corrected chi connectivity index (χ4v) is 5.16. The summed E-state index contributed by atoms with van der Waals surface area (Å²) >= 11 is 24.5. The maximum Gasteiger partial charge on any atom is 0.256 e. The van der Waals surface area contributed by atoms with Crippen LogP contribution in [-0.4, -0.2) is 11.8 Å². The number of para-hydroxylation sites is 2. The first kappa shape index (κ1) is 26.1. The predicted octanol–water partition coefficient (Wildman–Crippen LogP) is 8.97. The summed E-state index contributed by atoms with van der Waals surface area (Å²) in [4.78, 5) is 24.0. The van der Waals surface area contributed by atoms with Crippen molar-refractivity contribution in [3.05, 3.63) is 127 Å². The minimum Gasteiger partial charge on any atom is -0.321 e. The summed E-state index contributed by atoms with van der Waals surface area (Å²) < 4.78 is 0. The van der Waals surface area contributed by atoms with Crippen LogP contribution in [0.15, 0.2) is 84.9 Å². The molecular formula is C30H18Cl4N2O2. The van der Waals surface area contributed by atoms with Gasteiger partial charge in [0, 0.05) is 64.9 Å². The molecule has 0 saturated carbocycles. The zero-order chi connectivity index (χ0) is 26.8. The van der Waals surface area contributed by atoms with Crippen LogP contribution in [0.2, 0.25) is 20.1 Å². The molecule has 2 N–H and O–H groups in total. The molecule has 0 saturated heterocycles. The molecule has 2 aliphatic heterocycles. The maximum absolute atomic E-state index is 12.0.